The van der Waals surface area contributed by atoms with Crippen LogP contribution in [0.3, 0.4) is 0 Å². The Balaban J connectivity index is 1.90. The average molecular weight is 522 g/mol. The molecule has 5 nitrogen and oxygen atoms in total. The van der Waals surface area contributed by atoms with Crippen LogP contribution in [0.15, 0.2) is 71.2 Å². The van der Waals surface area contributed by atoms with E-state index in [0.29, 0.717) is 35.8 Å². The summed E-state index contributed by atoms with van der Waals surface area (Å²) in [4.78, 5) is 30.1. The van der Waals surface area contributed by atoms with Gasteiger partial charge in [-0.3, -0.25) is 9.59 Å². The highest BCUT2D eigenvalue weighted by molar-refractivity contribution is 9.10. The summed E-state index contributed by atoms with van der Waals surface area (Å²) in [6, 6.07) is 20.8. The molecule has 0 aliphatic heterocycles. The highest BCUT2D eigenvalue weighted by atomic mass is 79.9. The van der Waals surface area contributed by atoms with Gasteiger partial charge in [0, 0.05) is 54.2 Å². The smallest absolute Gasteiger partial charge is 0.255 e. The molecule has 0 atom stereocenters. The van der Waals surface area contributed by atoms with Crippen LogP contribution in [0.2, 0.25) is 0 Å². The van der Waals surface area contributed by atoms with Crippen molar-refractivity contribution < 1.29 is 9.59 Å². The van der Waals surface area contributed by atoms with Gasteiger partial charge in [-0.2, -0.15) is 0 Å². The van der Waals surface area contributed by atoms with Gasteiger partial charge >= 0.3 is 0 Å². The number of nitrogens with zero attached hydrogens (tertiary/aromatic N) is 2. The topological polar surface area (TPSA) is 52.7 Å². The van der Waals surface area contributed by atoms with Gasteiger partial charge < -0.3 is 15.1 Å². The molecule has 0 bridgehead atoms. The second-order valence-corrected chi connectivity index (χ2v) is 10.1. The monoisotopic (exact) mass is 521 g/mol. The molecule has 1 N–H and O–H groups in total. The molecule has 0 aromatic heterocycles. The lowest BCUT2D eigenvalue weighted by Crippen LogP contribution is -2.34. The fourth-order valence-corrected chi connectivity index (χ4v) is 4.12. The predicted octanol–water partition coefficient (Wildman–Crippen LogP) is 6.37. The average Bonchev–Trinajstić information content (AvgIpc) is 2.78. The quantitative estimate of drug-likeness (QED) is 0.374. The number of nitrogens with one attached hydrogen (secondary N) is 1. The Morgan fingerprint density at radius 2 is 1.65 bits per heavy atom. The van der Waals surface area contributed by atoms with Crippen LogP contribution in [0, 0.1) is 12.8 Å². The number of rotatable bonds is 8. The van der Waals surface area contributed by atoms with Crippen molar-refractivity contribution in [1.82, 2.24) is 4.90 Å². The zero-order valence-electron chi connectivity index (χ0n) is 20.4. The molecule has 34 heavy (non-hydrogen) atoms. The lowest BCUT2D eigenvalue weighted by atomic mass is 10.1. The standard InChI is InChI=1S/C28H32BrN3O2/c1-19(2)17-32(28(34)22-8-6-7-20(3)15-22)18-23-16-25(13-14-26(23)31(4)5)30-27(33)21-9-11-24(29)12-10-21/h6-16,19H,17-18H2,1-5H3,(H,30,33). The van der Waals surface area contributed by atoms with Crippen LogP contribution < -0.4 is 10.2 Å². The number of amides is 2. The third kappa shape index (κ3) is 6.70. The van der Waals surface area contributed by atoms with E-state index in [1.165, 1.54) is 0 Å². The molecule has 0 heterocycles. The zero-order chi connectivity index (χ0) is 24.8. The summed E-state index contributed by atoms with van der Waals surface area (Å²) < 4.78 is 0.921. The minimum atomic E-state index is -0.175. The first-order valence-electron chi connectivity index (χ1n) is 11.4. The van der Waals surface area contributed by atoms with E-state index in [2.05, 4.69) is 35.1 Å². The summed E-state index contributed by atoms with van der Waals surface area (Å²) in [7, 11) is 3.96. The van der Waals surface area contributed by atoms with E-state index in [-0.39, 0.29) is 11.8 Å². The van der Waals surface area contributed by atoms with Gasteiger partial charge in [0.2, 0.25) is 0 Å². The van der Waals surface area contributed by atoms with E-state index in [9.17, 15) is 9.59 Å². The van der Waals surface area contributed by atoms with Gasteiger partial charge in [-0.05, 0) is 73.0 Å². The molecule has 0 spiro atoms. The number of carbonyl (C=O) groups excluding carboxylic acids is 2. The number of carbonyl (C=O) groups is 2. The van der Waals surface area contributed by atoms with Crippen LogP contribution in [-0.2, 0) is 6.54 Å². The molecule has 0 saturated carbocycles. The molecule has 0 unspecified atom stereocenters. The Bertz CT molecular complexity index is 1160. The largest absolute Gasteiger partial charge is 0.377 e. The van der Waals surface area contributed by atoms with E-state index in [0.717, 1.165) is 21.3 Å². The van der Waals surface area contributed by atoms with Gasteiger partial charge in [-0.1, -0.05) is 47.5 Å². The predicted molar refractivity (Wildman–Crippen MR) is 144 cm³/mol. The summed E-state index contributed by atoms with van der Waals surface area (Å²) in [6.07, 6.45) is 0. The Morgan fingerprint density at radius 3 is 2.26 bits per heavy atom. The Labute approximate surface area is 210 Å². The fraction of sp³-hybridized carbons (Fsp3) is 0.286. The van der Waals surface area contributed by atoms with Crippen molar-refractivity contribution in [1.29, 1.82) is 0 Å². The SMILES string of the molecule is Cc1cccc(C(=O)N(Cc2cc(NC(=O)c3ccc(Br)cc3)ccc2N(C)C)CC(C)C)c1. The first-order valence-corrected chi connectivity index (χ1v) is 12.2. The molecule has 0 radical (unpaired) electrons. The molecule has 178 valence electrons. The van der Waals surface area contributed by atoms with Gasteiger partial charge in [0.25, 0.3) is 11.8 Å². The molecule has 3 aromatic rings. The Kier molecular flexibility index (Phi) is 8.51. The molecule has 0 fully saturated rings. The number of hydrogen-bond acceptors (Lipinski definition) is 3. The van der Waals surface area contributed by atoms with Gasteiger partial charge in [-0.15, -0.1) is 0 Å². The van der Waals surface area contributed by atoms with Crippen LogP contribution in [0.5, 0.6) is 0 Å². The maximum absolute atomic E-state index is 13.4. The summed E-state index contributed by atoms with van der Waals surface area (Å²) in [5.41, 5.74) is 5.00. The zero-order valence-corrected chi connectivity index (χ0v) is 22.0. The van der Waals surface area contributed by atoms with Gasteiger partial charge in [-0.25, -0.2) is 0 Å². The van der Waals surface area contributed by atoms with E-state index in [1.54, 1.807) is 12.1 Å². The number of anilines is 2. The molecule has 0 aliphatic carbocycles. The Hall–Kier alpha value is -3.12. The van der Waals surface area contributed by atoms with Crippen LogP contribution in [0.25, 0.3) is 0 Å². The van der Waals surface area contributed by atoms with E-state index < -0.39 is 0 Å². The highest BCUT2D eigenvalue weighted by Crippen LogP contribution is 2.26. The van der Waals surface area contributed by atoms with Crippen molar-refractivity contribution in [2.75, 3.05) is 30.9 Å². The van der Waals surface area contributed by atoms with Crippen LogP contribution in [-0.4, -0.2) is 37.4 Å². The number of benzene rings is 3. The third-order valence-corrected chi connectivity index (χ3v) is 5.95. The van der Waals surface area contributed by atoms with E-state index in [4.69, 9.17) is 0 Å². The van der Waals surface area contributed by atoms with Gasteiger partial charge in [0.1, 0.15) is 0 Å². The fourth-order valence-electron chi connectivity index (χ4n) is 3.86. The Morgan fingerprint density at radius 1 is 0.941 bits per heavy atom. The van der Waals surface area contributed by atoms with Crippen molar-refractivity contribution in [2.24, 2.45) is 5.92 Å². The van der Waals surface area contributed by atoms with Crippen molar-refractivity contribution in [3.8, 4) is 0 Å². The van der Waals surface area contributed by atoms with Crippen molar-refractivity contribution in [3.05, 3.63) is 93.5 Å². The maximum Gasteiger partial charge on any atom is 0.255 e. The second-order valence-electron chi connectivity index (χ2n) is 9.15. The molecule has 2 amide bonds. The summed E-state index contributed by atoms with van der Waals surface area (Å²) in [6.45, 7) is 7.29. The second kappa shape index (κ2) is 11.3. The minimum absolute atomic E-state index is 0.00593. The number of halogens is 1. The number of hydrogen-bond donors (Lipinski definition) is 1. The number of aryl methyl sites for hydroxylation is 1. The van der Waals surface area contributed by atoms with Crippen molar-refractivity contribution in [3.63, 3.8) is 0 Å². The molecule has 3 aromatic carbocycles. The van der Waals surface area contributed by atoms with Crippen molar-refractivity contribution in [2.45, 2.75) is 27.3 Å². The van der Waals surface area contributed by atoms with Gasteiger partial charge in [0.15, 0.2) is 0 Å². The van der Waals surface area contributed by atoms with Crippen LogP contribution in [0.1, 0.15) is 45.7 Å². The van der Waals surface area contributed by atoms with Gasteiger partial charge in [0.05, 0.1) is 0 Å². The first kappa shape index (κ1) is 25.5. The minimum Gasteiger partial charge on any atom is -0.377 e. The van der Waals surface area contributed by atoms with E-state index >= 15 is 0 Å². The lowest BCUT2D eigenvalue weighted by molar-refractivity contribution is 0.0722. The summed E-state index contributed by atoms with van der Waals surface area (Å²) >= 11 is 3.40. The highest BCUT2D eigenvalue weighted by Gasteiger charge is 2.20. The summed E-state index contributed by atoms with van der Waals surface area (Å²) in [5, 5.41) is 2.99. The molecule has 0 aliphatic rings. The first-order chi connectivity index (χ1) is 16.1. The van der Waals surface area contributed by atoms with Crippen LogP contribution >= 0.6 is 15.9 Å². The molecular weight excluding hydrogens is 490 g/mol. The maximum atomic E-state index is 13.4. The summed E-state index contributed by atoms with van der Waals surface area (Å²) in [5.74, 6) is 0.147. The molecule has 6 heteroatoms. The molecule has 3 rings (SSSR count). The van der Waals surface area contributed by atoms with Crippen LogP contribution in [0.4, 0.5) is 11.4 Å². The molecule has 0 saturated heterocycles. The third-order valence-electron chi connectivity index (χ3n) is 5.42. The van der Waals surface area contributed by atoms with Crippen molar-refractivity contribution >= 4 is 39.1 Å². The normalized spacial score (nSPS) is 10.8. The lowest BCUT2D eigenvalue weighted by Gasteiger charge is -2.28. The van der Waals surface area contributed by atoms with E-state index in [1.807, 2.05) is 85.4 Å². The molecular formula is C28H32BrN3O2.